The molecule has 0 unspecified atom stereocenters. The number of fused-ring (bicyclic) bond motifs is 2. The Morgan fingerprint density at radius 2 is 1.76 bits per heavy atom. The number of urea groups is 1. The van der Waals surface area contributed by atoms with Crippen molar-refractivity contribution in [1.82, 2.24) is 10.2 Å². The van der Waals surface area contributed by atoms with Crippen LogP contribution in [0.2, 0.25) is 0 Å². The number of rotatable bonds is 4. The van der Waals surface area contributed by atoms with E-state index in [2.05, 4.69) is 10.6 Å². The molecule has 2 amide bonds. The van der Waals surface area contributed by atoms with Gasteiger partial charge in [-0.1, -0.05) is 24.3 Å². The van der Waals surface area contributed by atoms with Gasteiger partial charge >= 0.3 is 6.03 Å². The monoisotopic (exact) mass is 379 g/mol. The third-order valence-electron chi connectivity index (χ3n) is 3.73. The Labute approximate surface area is 155 Å². The Balaban J connectivity index is 0.00000225. The summed E-state index contributed by atoms with van der Waals surface area (Å²) in [5.41, 5.74) is 1.46. The SMILES string of the molecule is CN(C)CCNC(=O)Nc1csc2c1C(=O)c1ccccc1C2=O.Cl. The summed E-state index contributed by atoms with van der Waals surface area (Å²) < 4.78 is 0. The fourth-order valence-corrected chi connectivity index (χ4v) is 3.49. The maximum absolute atomic E-state index is 12.7. The van der Waals surface area contributed by atoms with Gasteiger partial charge in [0.15, 0.2) is 5.78 Å². The lowest BCUT2D eigenvalue weighted by Crippen LogP contribution is -2.34. The van der Waals surface area contributed by atoms with Gasteiger partial charge in [-0.05, 0) is 14.1 Å². The van der Waals surface area contributed by atoms with Crippen molar-refractivity contribution in [3.05, 3.63) is 51.2 Å². The van der Waals surface area contributed by atoms with E-state index in [0.29, 0.717) is 34.8 Å². The summed E-state index contributed by atoms with van der Waals surface area (Å²) in [5, 5.41) is 7.03. The van der Waals surface area contributed by atoms with E-state index < -0.39 is 6.03 Å². The summed E-state index contributed by atoms with van der Waals surface area (Å²) >= 11 is 1.18. The molecule has 6 nitrogen and oxygen atoms in total. The highest BCUT2D eigenvalue weighted by molar-refractivity contribution is 7.13. The largest absolute Gasteiger partial charge is 0.337 e. The van der Waals surface area contributed by atoms with Gasteiger partial charge in [-0.2, -0.15) is 0 Å². The van der Waals surface area contributed by atoms with E-state index in [-0.39, 0.29) is 29.5 Å². The number of ketones is 2. The highest BCUT2D eigenvalue weighted by Gasteiger charge is 2.33. The number of benzene rings is 1. The van der Waals surface area contributed by atoms with E-state index in [4.69, 9.17) is 0 Å². The molecule has 0 bridgehead atoms. The van der Waals surface area contributed by atoms with Crippen LogP contribution in [0.25, 0.3) is 0 Å². The number of anilines is 1. The number of carbonyl (C=O) groups excluding carboxylic acids is 3. The van der Waals surface area contributed by atoms with Gasteiger partial charge in [-0.3, -0.25) is 9.59 Å². The summed E-state index contributed by atoms with van der Waals surface area (Å²) in [6.45, 7) is 1.20. The quantitative estimate of drug-likeness (QED) is 0.730. The van der Waals surface area contributed by atoms with Gasteiger partial charge < -0.3 is 15.5 Å². The fourth-order valence-electron chi connectivity index (χ4n) is 2.54. The van der Waals surface area contributed by atoms with Gasteiger partial charge in [-0.25, -0.2) is 4.79 Å². The van der Waals surface area contributed by atoms with Gasteiger partial charge in [0.05, 0.1) is 16.1 Å². The molecule has 1 aliphatic rings. The van der Waals surface area contributed by atoms with Crippen LogP contribution in [0.15, 0.2) is 29.6 Å². The molecule has 0 spiro atoms. The summed E-state index contributed by atoms with van der Waals surface area (Å²) in [5.74, 6) is -0.406. The number of likely N-dealkylation sites (N-methyl/N-ethyl adjacent to an activating group) is 1. The highest BCUT2D eigenvalue weighted by Crippen LogP contribution is 2.36. The van der Waals surface area contributed by atoms with Crippen molar-refractivity contribution >= 4 is 47.0 Å². The number of carbonyl (C=O) groups is 3. The molecule has 0 saturated carbocycles. The van der Waals surface area contributed by atoms with Crippen LogP contribution in [0.4, 0.5) is 10.5 Å². The lowest BCUT2D eigenvalue weighted by molar-refractivity contribution is 0.0983. The molecule has 1 aromatic heterocycles. The molecule has 132 valence electrons. The molecule has 0 fully saturated rings. The molecule has 2 aromatic rings. The van der Waals surface area contributed by atoms with Crippen LogP contribution in [-0.2, 0) is 0 Å². The molecule has 1 heterocycles. The van der Waals surface area contributed by atoms with E-state index in [0.717, 1.165) is 0 Å². The lowest BCUT2D eigenvalue weighted by Gasteiger charge is -2.16. The number of amides is 2. The van der Waals surface area contributed by atoms with Crippen molar-refractivity contribution in [2.24, 2.45) is 0 Å². The molecule has 0 atom stereocenters. The van der Waals surface area contributed by atoms with Gasteiger partial charge in [0.25, 0.3) is 0 Å². The Bertz CT molecular complexity index is 832. The minimum Gasteiger partial charge on any atom is -0.337 e. The lowest BCUT2D eigenvalue weighted by atomic mass is 9.88. The Hall–Kier alpha value is -2.22. The average Bonchev–Trinajstić information content (AvgIpc) is 2.96. The fraction of sp³-hybridized carbons (Fsp3) is 0.235. The zero-order chi connectivity index (χ0) is 17.3. The molecule has 0 aliphatic heterocycles. The summed E-state index contributed by atoms with van der Waals surface area (Å²) in [6, 6.07) is 6.36. The Morgan fingerprint density at radius 1 is 1.12 bits per heavy atom. The second kappa shape index (κ2) is 7.77. The van der Waals surface area contributed by atoms with Crippen molar-refractivity contribution < 1.29 is 14.4 Å². The van der Waals surface area contributed by atoms with Crippen LogP contribution in [-0.4, -0.2) is 49.7 Å². The number of hydrogen-bond donors (Lipinski definition) is 2. The zero-order valence-electron chi connectivity index (χ0n) is 13.8. The molecule has 25 heavy (non-hydrogen) atoms. The smallest absolute Gasteiger partial charge is 0.319 e. The normalized spacial score (nSPS) is 12.3. The minimum absolute atomic E-state index is 0. The van der Waals surface area contributed by atoms with E-state index in [1.807, 2.05) is 19.0 Å². The van der Waals surface area contributed by atoms with Gasteiger partial charge in [0.1, 0.15) is 0 Å². The van der Waals surface area contributed by atoms with Gasteiger partial charge in [0.2, 0.25) is 5.78 Å². The second-order valence-corrected chi connectivity index (χ2v) is 6.62. The molecule has 0 radical (unpaired) electrons. The highest BCUT2D eigenvalue weighted by atomic mass is 35.5. The summed E-state index contributed by atoms with van der Waals surface area (Å²) in [6.07, 6.45) is 0. The molecule has 3 rings (SSSR count). The Morgan fingerprint density at radius 3 is 2.40 bits per heavy atom. The van der Waals surface area contributed by atoms with Crippen molar-refractivity contribution in [2.75, 3.05) is 32.5 Å². The van der Waals surface area contributed by atoms with Crippen molar-refractivity contribution in [3.63, 3.8) is 0 Å². The van der Waals surface area contributed by atoms with Crippen molar-refractivity contribution in [3.8, 4) is 0 Å². The van der Waals surface area contributed by atoms with Crippen molar-refractivity contribution in [2.45, 2.75) is 0 Å². The average molecular weight is 380 g/mol. The maximum Gasteiger partial charge on any atom is 0.319 e. The molecule has 2 N–H and O–H groups in total. The van der Waals surface area contributed by atoms with E-state index >= 15 is 0 Å². The van der Waals surface area contributed by atoms with E-state index in [1.165, 1.54) is 11.3 Å². The number of halogens is 1. The van der Waals surface area contributed by atoms with E-state index in [9.17, 15) is 14.4 Å². The second-order valence-electron chi connectivity index (χ2n) is 5.74. The number of thiophene rings is 1. The van der Waals surface area contributed by atoms with Crippen LogP contribution in [0.5, 0.6) is 0 Å². The first kappa shape index (κ1) is 19.1. The molecular formula is C17H18ClN3O3S. The van der Waals surface area contributed by atoms with Crippen molar-refractivity contribution in [1.29, 1.82) is 0 Å². The standard InChI is InChI=1S/C17H17N3O3S.ClH/c1-20(2)8-7-18-17(23)19-12-9-24-16-13(12)14(21)10-5-3-4-6-11(10)15(16)22;/h3-6,9H,7-8H2,1-2H3,(H2,18,19,23);1H. The third-order valence-corrected chi connectivity index (χ3v) is 4.71. The molecule has 0 saturated heterocycles. The predicted molar refractivity (Wildman–Crippen MR) is 100 cm³/mol. The Kier molecular flexibility index (Phi) is 5.94. The van der Waals surface area contributed by atoms with Gasteiger partial charge in [0, 0.05) is 29.6 Å². The number of hydrogen-bond acceptors (Lipinski definition) is 5. The van der Waals surface area contributed by atoms with Crippen LogP contribution < -0.4 is 10.6 Å². The molecular weight excluding hydrogens is 362 g/mol. The molecule has 1 aliphatic carbocycles. The predicted octanol–water partition coefficient (Wildman–Crippen LogP) is 2.63. The topological polar surface area (TPSA) is 78.5 Å². The minimum atomic E-state index is -0.392. The summed E-state index contributed by atoms with van der Waals surface area (Å²) in [7, 11) is 3.83. The first-order chi connectivity index (χ1) is 11.5. The first-order valence-corrected chi connectivity index (χ1v) is 8.36. The number of nitrogens with zero attached hydrogens (tertiary/aromatic N) is 1. The van der Waals surface area contributed by atoms with E-state index in [1.54, 1.807) is 29.6 Å². The number of nitrogens with one attached hydrogen (secondary N) is 2. The van der Waals surface area contributed by atoms with Gasteiger partial charge in [-0.15, -0.1) is 23.7 Å². The van der Waals surface area contributed by atoms with Crippen LogP contribution >= 0.6 is 23.7 Å². The summed E-state index contributed by atoms with van der Waals surface area (Å²) in [4.78, 5) is 39.5. The van der Waals surface area contributed by atoms with Crippen LogP contribution in [0, 0.1) is 0 Å². The van der Waals surface area contributed by atoms with Crippen LogP contribution in [0.1, 0.15) is 31.2 Å². The maximum atomic E-state index is 12.7. The zero-order valence-corrected chi connectivity index (χ0v) is 15.4. The third kappa shape index (κ3) is 3.73. The molecule has 8 heteroatoms. The molecule has 1 aromatic carbocycles. The first-order valence-electron chi connectivity index (χ1n) is 7.48. The van der Waals surface area contributed by atoms with Crippen LogP contribution in [0.3, 0.4) is 0 Å².